The molecule has 0 spiro atoms. The first kappa shape index (κ1) is 26.7. The minimum absolute atomic E-state index is 0.0597. The molecule has 4 aromatic carbocycles. The van der Waals surface area contributed by atoms with Crippen LogP contribution < -0.4 is 10.3 Å². The number of nitrogens with zero attached hydrogens (tertiary/aromatic N) is 3. The third kappa shape index (κ3) is 3.78. The molecule has 0 saturated carbocycles. The van der Waals surface area contributed by atoms with Crippen molar-refractivity contribution in [2.24, 2.45) is 16.9 Å². The number of imide groups is 1. The Labute approximate surface area is 250 Å². The Kier molecular flexibility index (Phi) is 6.03. The van der Waals surface area contributed by atoms with Gasteiger partial charge in [-0.1, -0.05) is 72.3 Å². The number of rotatable bonds is 5. The van der Waals surface area contributed by atoms with Crippen molar-refractivity contribution in [3.63, 3.8) is 0 Å². The van der Waals surface area contributed by atoms with E-state index in [9.17, 15) is 24.5 Å². The van der Waals surface area contributed by atoms with E-state index in [1.807, 2.05) is 55.5 Å². The number of non-ortho nitro benzene ring substituents is 1. The summed E-state index contributed by atoms with van der Waals surface area (Å²) in [6.07, 6.45) is 1.55. The summed E-state index contributed by atoms with van der Waals surface area (Å²) < 4.78 is 0. The fourth-order valence-corrected chi connectivity index (χ4v) is 7.22. The minimum atomic E-state index is -1.18. The summed E-state index contributed by atoms with van der Waals surface area (Å²) in [4.78, 5) is 53.5. The fraction of sp³-hybridized carbons (Fsp3) is 0.152. The summed E-state index contributed by atoms with van der Waals surface area (Å²) in [5, 5.41) is 16.0. The molecule has 2 bridgehead atoms. The summed E-state index contributed by atoms with van der Waals surface area (Å²) >= 11 is 6.41. The lowest BCUT2D eigenvalue weighted by Crippen LogP contribution is -2.54. The number of nitro benzene ring substituents is 1. The number of hydrogen-bond acceptors (Lipinski definition) is 6. The second kappa shape index (κ2) is 9.71. The maximum absolute atomic E-state index is 14.4. The van der Waals surface area contributed by atoms with Gasteiger partial charge in [0.25, 0.3) is 11.6 Å². The maximum Gasteiger partial charge on any atom is 0.271 e. The topological polar surface area (TPSA) is 122 Å². The molecule has 1 heterocycles. The third-order valence-electron chi connectivity index (χ3n) is 8.85. The van der Waals surface area contributed by atoms with E-state index in [0.29, 0.717) is 10.7 Å². The zero-order chi connectivity index (χ0) is 30.0. The molecule has 4 aromatic rings. The van der Waals surface area contributed by atoms with Gasteiger partial charge in [-0.25, -0.2) is 10.3 Å². The Morgan fingerprint density at radius 1 is 0.953 bits per heavy atom. The lowest BCUT2D eigenvalue weighted by Gasteiger charge is -2.52. The summed E-state index contributed by atoms with van der Waals surface area (Å²) in [5.74, 6) is -3.24. The van der Waals surface area contributed by atoms with Crippen LogP contribution in [0.1, 0.15) is 44.1 Å². The van der Waals surface area contributed by atoms with Gasteiger partial charge >= 0.3 is 0 Å². The van der Waals surface area contributed by atoms with E-state index in [4.69, 9.17) is 11.6 Å². The number of nitrogens with one attached hydrogen (secondary N) is 1. The summed E-state index contributed by atoms with van der Waals surface area (Å²) in [5.41, 5.74) is 5.88. The van der Waals surface area contributed by atoms with Crippen molar-refractivity contribution in [3.8, 4) is 0 Å². The second-order valence-corrected chi connectivity index (χ2v) is 11.4. The van der Waals surface area contributed by atoms with Crippen LogP contribution in [0.25, 0.3) is 0 Å². The normalized spacial score (nSPS) is 23.2. The highest BCUT2D eigenvalue weighted by molar-refractivity contribution is 6.32. The van der Waals surface area contributed by atoms with Crippen molar-refractivity contribution in [2.45, 2.75) is 18.3 Å². The van der Waals surface area contributed by atoms with Crippen molar-refractivity contribution in [2.75, 3.05) is 4.90 Å². The zero-order valence-corrected chi connectivity index (χ0v) is 23.5. The zero-order valence-electron chi connectivity index (χ0n) is 22.7. The highest BCUT2D eigenvalue weighted by Gasteiger charge is 2.68. The van der Waals surface area contributed by atoms with E-state index in [1.54, 1.807) is 24.4 Å². The van der Waals surface area contributed by atoms with Crippen molar-refractivity contribution >= 4 is 46.9 Å². The second-order valence-electron chi connectivity index (χ2n) is 11.0. The number of anilines is 1. The van der Waals surface area contributed by atoms with E-state index in [2.05, 4.69) is 10.5 Å². The first-order valence-corrected chi connectivity index (χ1v) is 14.0. The van der Waals surface area contributed by atoms with E-state index in [1.165, 1.54) is 29.2 Å². The quantitative estimate of drug-likeness (QED) is 0.142. The third-order valence-corrected chi connectivity index (χ3v) is 9.26. The van der Waals surface area contributed by atoms with Gasteiger partial charge in [0, 0.05) is 34.9 Å². The lowest BCUT2D eigenvalue weighted by atomic mass is 9.47. The van der Waals surface area contributed by atoms with Gasteiger partial charge in [0.15, 0.2) is 0 Å². The molecule has 4 aliphatic rings. The van der Waals surface area contributed by atoms with Crippen LogP contribution >= 0.6 is 11.6 Å². The van der Waals surface area contributed by atoms with Gasteiger partial charge in [0.1, 0.15) is 0 Å². The molecule has 8 rings (SSSR count). The van der Waals surface area contributed by atoms with Crippen LogP contribution in [-0.4, -0.2) is 28.9 Å². The Morgan fingerprint density at radius 3 is 2.28 bits per heavy atom. The number of hydrogen-bond donors (Lipinski definition) is 1. The van der Waals surface area contributed by atoms with Crippen molar-refractivity contribution < 1.29 is 19.3 Å². The van der Waals surface area contributed by atoms with Crippen LogP contribution in [0.5, 0.6) is 0 Å². The Bertz CT molecular complexity index is 1870. The molecule has 2 atom stereocenters. The van der Waals surface area contributed by atoms with Gasteiger partial charge < -0.3 is 0 Å². The molecule has 1 fully saturated rings. The number of carbonyl (C=O) groups excluding carboxylic acids is 3. The number of hydrazone groups is 1. The molecule has 43 heavy (non-hydrogen) atoms. The Morgan fingerprint density at radius 2 is 1.63 bits per heavy atom. The first-order chi connectivity index (χ1) is 20.7. The highest BCUT2D eigenvalue weighted by Crippen LogP contribution is 2.63. The van der Waals surface area contributed by atoms with Crippen LogP contribution in [0.15, 0.2) is 96.1 Å². The van der Waals surface area contributed by atoms with Gasteiger partial charge in [-0.3, -0.25) is 24.5 Å². The SMILES string of the molecule is Cc1ccc(N2C(=O)[C@H]3C4c5ccccc5C(/C=N\NC(=O)c5cccc([N+](=O)[O-])c5)(c5ccccc54)[C@H]3C2=O)cc1Cl. The molecule has 3 amide bonds. The smallest absolute Gasteiger partial charge is 0.271 e. The van der Waals surface area contributed by atoms with Crippen LogP contribution in [0.3, 0.4) is 0 Å². The number of aryl methyl sites for hydroxylation is 1. The van der Waals surface area contributed by atoms with Crippen LogP contribution in [0.4, 0.5) is 11.4 Å². The Balaban J connectivity index is 1.37. The number of amides is 3. The lowest BCUT2D eigenvalue weighted by molar-refractivity contribution is -0.384. The number of halogens is 1. The van der Waals surface area contributed by atoms with Gasteiger partial charge in [-0.2, -0.15) is 5.10 Å². The predicted octanol–water partition coefficient (Wildman–Crippen LogP) is 5.52. The molecule has 0 aromatic heterocycles. The van der Waals surface area contributed by atoms with E-state index in [-0.39, 0.29) is 29.0 Å². The van der Waals surface area contributed by atoms with Crippen molar-refractivity contribution in [1.29, 1.82) is 0 Å². The summed E-state index contributed by atoms with van der Waals surface area (Å²) in [7, 11) is 0. The van der Waals surface area contributed by atoms with Crippen LogP contribution in [0.2, 0.25) is 5.02 Å². The van der Waals surface area contributed by atoms with E-state index >= 15 is 0 Å². The molecule has 0 unspecified atom stereocenters. The summed E-state index contributed by atoms with van der Waals surface area (Å²) in [6.45, 7) is 1.85. The standard InChI is InChI=1S/C33H23ClN4O5/c1-18-13-14-20(16-26(18)34)37-31(40)28-27-22-9-2-4-11-24(22)33(29(28)32(37)41,25-12-5-3-10-23(25)27)17-35-36-30(39)19-7-6-8-21(15-19)38(42)43/h2-17,27-29H,1H3,(H,36,39)/b35-17-/t27?,28-,29+,33?/m0/s1. The highest BCUT2D eigenvalue weighted by atomic mass is 35.5. The minimum Gasteiger partial charge on any atom is -0.274 e. The van der Waals surface area contributed by atoms with E-state index < -0.39 is 28.1 Å². The molecule has 212 valence electrons. The number of benzene rings is 4. The van der Waals surface area contributed by atoms with Crippen molar-refractivity contribution in [3.05, 3.63) is 140 Å². The molecular weight excluding hydrogens is 568 g/mol. The molecule has 1 N–H and O–H groups in total. The molecular formula is C33H23ClN4O5. The van der Waals surface area contributed by atoms with Gasteiger partial charge in [-0.15, -0.1) is 0 Å². The monoisotopic (exact) mass is 590 g/mol. The van der Waals surface area contributed by atoms with Crippen LogP contribution in [0, 0.1) is 28.9 Å². The van der Waals surface area contributed by atoms with Gasteiger partial charge in [0.05, 0.1) is 27.9 Å². The fourth-order valence-electron chi connectivity index (χ4n) is 7.04. The number of carbonyl (C=O) groups is 3. The molecule has 3 aliphatic carbocycles. The van der Waals surface area contributed by atoms with Crippen molar-refractivity contribution in [1.82, 2.24) is 5.43 Å². The molecule has 1 saturated heterocycles. The van der Waals surface area contributed by atoms with Gasteiger partial charge in [-0.05, 0) is 52.9 Å². The number of nitro groups is 1. The molecule has 1 aliphatic heterocycles. The van der Waals surface area contributed by atoms with Crippen LogP contribution in [-0.2, 0) is 15.0 Å². The largest absolute Gasteiger partial charge is 0.274 e. The predicted molar refractivity (Wildman–Crippen MR) is 160 cm³/mol. The van der Waals surface area contributed by atoms with E-state index in [0.717, 1.165) is 27.8 Å². The van der Waals surface area contributed by atoms with Gasteiger partial charge in [0.2, 0.25) is 11.8 Å². The average Bonchev–Trinajstić information content (AvgIpc) is 3.29. The molecule has 10 heteroatoms. The average molecular weight is 591 g/mol. The first-order valence-electron chi connectivity index (χ1n) is 13.7. The molecule has 9 nitrogen and oxygen atoms in total. The summed E-state index contributed by atoms with van der Waals surface area (Å²) in [6, 6.07) is 25.9. The Hall–Kier alpha value is -5.15. The molecule has 0 radical (unpaired) electrons. The maximum atomic E-state index is 14.4.